The van der Waals surface area contributed by atoms with Gasteiger partial charge < -0.3 is 9.84 Å². The van der Waals surface area contributed by atoms with E-state index in [9.17, 15) is 14.3 Å². The molecule has 1 aromatic rings. The zero-order valence-corrected chi connectivity index (χ0v) is 14.1. The highest BCUT2D eigenvalue weighted by atomic mass is 19.1. The van der Waals surface area contributed by atoms with E-state index in [0.717, 1.165) is 37.9 Å². The Kier molecular flexibility index (Phi) is 5.99. The summed E-state index contributed by atoms with van der Waals surface area (Å²) in [6.45, 7) is 5.89. The molecule has 23 heavy (non-hydrogen) atoms. The number of methoxy groups -OCH3 is 1. The summed E-state index contributed by atoms with van der Waals surface area (Å²) in [6.07, 6.45) is 2.44. The first-order valence-electron chi connectivity index (χ1n) is 8.21. The van der Waals surface area contributed by atoms with E-state index in [1.165, 1.54) is 13.2 Å². The SMILES string of the molecule is COc1ccc(CC(C)CN2CCC[C@H](C(=O)O)[C@@H]2C)cc1F. The molecule has 0 amide bonds. The number of piperidine rings is 1. The van der Waals surface area contributed by atoms with Gasteiger partial charge in [-0.2, -0.15) is 0 Å². The van der Waals surface area contributed by atoms with Gasteiger partial charge in [0.15, 0.2) is 11.6 Å². The highest BCUT2D eigenvalue weighted by Gasteiger charge is 2.33. The summed E-state index contributed by atoms with van der Waals surface area (Å²) >= 11 is 0. The van der Waals surface area contributed by atoms with Crippen molar-refractivity contribution in [2.45, 2.75) is 39.2 Å². The molecule has 128 valence electrons. The third kappa shape index (κ3) is 4.44. The van der Waals surface area contributed by atoms with E-state index >= 15 is 0 Å². The molecule has 1 N–H and O–H groups in total. The lowest BCUT2D eigenvalue weighted by Gasteiger charge is -2.38. The predicted molar refractivity (Wildman–Crippen MR) is 87.2 cm³/mol. The van der Waals surface area contributed by atoms with Crippen molar-refractivity contribution in [3.8, 4) is 5.75 Å². The van der Waals surface area contributed by atoms with Crippen molar-refractivity contribution >= 4 is 5.97 Å². The molecule has 1 unspecified atom stereocenters. The Bertz CT molecular complexity index is 549. The van der Waals surface area contributed by atoms with Crippen LogP contribution in [0, 0.1) is 17.7 Å². The molecular weight excluding hydrogens is 297 g/mol. The van der Waals surface area contributed by atoms with Gasteiger partial charge in [-0.05, 0) is 56.3 Å². The van der Waals surface area contributed by atoms with Crippen LogP contribution >= 0.6 is 0 Å². The summed E-state index contributed by atoms with van der Waals surface area (Å²) in [4.78, 5) is 13.6. The number of halogens is 1. The molecule has 0 spiro atoms. The second kappa shape index (κ2) is 7.77. The number of aliphatic carboxylic acids is 1. The van der Waals surface area contributed by atoms with Gasteiger partial charge in [0, 0.05) is 12.6 Å². The van der Waals surface area contributed by atoms with Crippen LogP contribution in [0.2, 0.25) is 0 Å². The first kappa shape index (κ1) is 17.7. The molecule has 0 bridgehead atoms. The van der Waals surface area contributed by atoms with E-state index in [1.807, 2.05) is 13.0 Å². The van der Waals surface area contributed by atoms with Crippen LogP contribution in [0.15, 0.2) is 18.2 Å². The minimum atomic E-state index is -0.702. The number of nitrogens with zero attached hydrogens (tertiary/aromatic N) is 1. The number of carbonyl (C=O) groups is 1. The highest BCUT2D eigenvalue weighted by Crippen LogP contribution is 2.26. The average Bonchev–Trinajstić information content (AvgIpc) is 2.49. The lowest BCUT2D eigenvalue weighted by Crippen LogP contribution is -2.47. The second-order valence-electron chi connectivity index (χ2n) is 6.60. The summed E-state index contributed by atoms with van der Waals surface area (Å²) in [5, 5.41) is 9.30. The molecule has 0 aliphatic carbocycles. The zero-order chi connectivity index (χ0) is 17.0. The minimum Gasteiger partial charge on any atom is -0.494 e. The van der Waals surface area contributed by atoms with Gasteiger partial charge in [0.1, 0.15) is 0 Å². The number of hydrogen-bond acceptors (Lipinski definition) is 3. The third-order valence-electron chi connectivity index (χ3n) is 4.78. The van der Waals surface area contributed by atoms with Gasteiger partial charge in [0.2, 0.25) is 0 Å². The number of carboxylic acids is 1. The van der Waals surface area contributed by atoms with Crippen molar-refractivity contribution in [1.29, 1.82) is 0 Å². The van der Waals surface area contributed by atoms with Crippen LogP contribution in [-0.2, 0) is 11.2 Å². The molecule has 1 heterocycles. The molecule has 1 aromatic carbocycles. The smallest absolute Gasteiger partial charge is 0.308 e. The monoisotopic (exact) mass is 323 g/mol. The van der Waals surface area contributed by atoms with Crippen molar-refractivity contribution in [3.63, 3.8) is 0 Å². The van der Waals surface area contributed by atoms with Gasteiger partial charge in [-0.15, -0.1) is 0 Å². The number of ether oxygens (including phenoxy) is 1. The summed E-state index contributed by atoms with van der Waals surface area (Å²) in [5.41, 5.74) is 0.940. The van der Waals surface area contributed by atoms with Crippen LogP contribution in [0.5, 0.6) is 5.75 Å². The van der Waals surface area contributed by atoms with E-state index in [0.29, 0.717) is 5.92 Å². The maximum absolute atomic E-state index is 13.8. The van der Waals surface area contributed by atoms with E-state index in [1.54, 1.807) is 6.07 Å². The lowest BCUT2D eigenvalue weighted by atomic mass is 9.89. The van der Waals surface area contributed by atoms with Gasteiger partial charge in [-0.1, -0.05) is 13.0 Å². The number of carboxylic acid groups (broad SMARTS) is 1. The molecule has 1 fully saturated rings. The number of hydrogen-bond donors (Lipinski definition) is 1. The van der Waals surface area contributed by atoms with Crippen molar-refractivity contribution in [2.24, 2.45) is 11.8 Å². The molecule has 1 saturated heterocycles. The van der Waals surface area contributed by atoms with Gasteiger partial charge in [0.25, 0.3) is 0 Å². The van der Waals surface area contributed by atoms with Crippen molar-refractivity contribution in [2.75, 3.05) is 20.2 Å². The van der Waals surface area contributed by atoms with Gasteiger partial charge in [0.05, 0.1) is 13.0 Å². The Morgan fingerprint density at radius 1 is 1.52 bits per heavy atom. The Morgan fingerprint density at radius 3 is 2.87 bits per heavy atom. The van der Waals surface area contributed by atoms with Crippen LogP contribution in [0.25, 0.3) is 0 Å². The minimum absolute atomic E-state index is 0.0521. The van der Waals surface area contributed by atoms with Gasteiger partial charge in [-0.25, -0.2) is 4.39 Å². The standard InChI is InChI=1S/C18H26FNO3/c1-12(9-14-6-7-17(23-3)16(19)10-14)11-20-8-4-5-15(13(20)2)18(21)22/h6-7,10,12-13,15H,4-5,8-9,11H2,1-3H3,(H,21,22)/t12?,13-,15-/m0/s1. The third-order valence-corrected chi connectivity index (χ3v) is 4.78. The fourth-order valence-electron chi connectivity index (χ4n) is 3.51. The second-order valence-corrected chi connectivity index (χ2v) is 6.60. The Balaban J connectivity index is 1.95. The molecule has 1 aliphatic heterocycles. The predicted octanol–water partition coefficient (Wildman–Crippen LogP) is 3.20. The molecule has 1 aliphatic rings. The van der Waals surface area contributed by atoms with E-state index in [2.05, 4.69) is 11.8 Å². The van der Waals surface area contributed by atoms with Crippen molar-refractivity contribution in [3.05, 3.63) is 29.6 Å². The number of rotatable bonds is 6. The Hall–Kier alpha value is -1.62. The Morgan fingerprint density at radius 2 is 2.26 bits per heavy atom. The molecule has 0 saturated carbocycles. The van der Waals surface area contributed by atoms with Gasteiger partial charge in [-0.3, -0.25) is 9.69 Å². The Labute approximate surface area is 137 Å². The molecule has 0 radical (unpaired) electrons. The quantitative estimate of drug-likeness (QED) is 0.873. The van der Waals surface area contributed by atoms with Crippen LogP contribution in [0.4, 0.5) is 4.39 Å². The molecular formula is C18H26FNO3. The average molecular weight is 323 g/mol. The van der Waals surface area contributed by atoms with Crippen LogP contribution in [-0.4, -0.2) is 42.2 Å². The van der Waals surface area contributed by atoms with Crippen LogP contribution in [0.3, 0.4) is 0 Å². The van der Waals surface area contributed by atoms with Crippen molar-refractivity contribution < 1.29 is 19.0 Å². The van der Waals surface area contributed by atoms with E-state index in [4.69, 9.17) is 4.74 Å². The summed E-state index contributed by atoms with van der Waals surface area (Å²) in [6, 6.07) is 5.12. The maximum Gasteiger partial charge on any atom is 0.308 e. The first-order chi connectivity index (χ1) is 10.9. The van der Waals surface area contributed by atoms with Crippen LogP contribution in [0.1, 0.15) is 32.3 Å². The van der Waals surface area contributed by atoms with Gasteiger partial charge >= 0.3 is 5.97 Å². The normalized spacial score (nSPS) is 23.5. The zero-order valence-electron chi connectivity index (χ0n) is 14.1. The molecule has 3 atom stereocenters. The lowest BCUT2D eigenvalue weighted by molar-refractivity contribution is -0.145. The fourth-order valence-corrected chi connectivity index (χ4v) is 3.51. The number of likely N-dealkylation sites (tertiary alicyclic amines) is 1. The summed E-state index contributed by atoms with van der Waals surface area (Å²) in [7, 11) is 1.46. The largest absolute Gasteiger partial charge is 0.494 e. The molecule has 0 aromatic heterocycles. The van der Waals surface area contributed by atoms with E-state index in [-0.39, 0.29) is 23.5 Å². The van der Waals surface area contributed by atoms with Crippen LogP contribution < -0.4 is 4.74 Å². The van der Waals surface area contributed by atoms with Crippen molar-refractivity contribution in [1.82, 2.24) is 4.90 Å². The summed E-state index contributed by atoms with van der Waals surface area (Å²) in [5.74, 6) is -0.732. The summed E-state index contributed by atoms with van der Waals surface area (Å²) < 4.78 is 18.7. The maximum atomic E-state index is 13.8. The first-order valence-corrected chi connectivity index (χ1v) is 8.21. The topological polar surface area (TPSA) is 49.8 Å². The van der Waals surface area contributed by atoms with E-state index < -0.39 is 5.97 Å². The number of benzene rings is 1. The highest BCUT2D eigenvalue weighted by molar-refractivity contribution is 5.70. The molecule has 4 nitrogen and oxygen atoms in total. The fraction of sp³-hybridized carbons (Fsp3) is 0.611. The molecule has 5 heteroatoms. The molecule has 2 rings (SSSR count).